The first-order valence-corrected chi connectivity index (χ1v) is 8.32. The standard InChI is InChI=1S/C16H24N6O2/c1-20(2)16-17-14(19-24-16)5-4-12-6-10-22(11-7-12)15(23)13-8-9-21(3)18-13/h8-9,12H,4-7,10-11H2,1-3H3. The molecule has 2 aromatic heterocycles. The fourth-order valence-electron chi connectivity index (χ4n) is 2.98. The van der Waals surface area contributed by atoms with Gasteiger partial charge in [-0.05, 0) is 31.2 Å². The van der Waals surface area contributed by atoms with Crippen LogP contribution in [-0.2, 0) is 13.5 Å². The van der Waals surface area contributed by atoms with Gasteiger partial charge in [0, 0.05) is 46.9 Å². The Morgan fingerprint density at radius 1 is 1.38 bits per heavy atom. The van der Waals surface area contributed by atoms with Crippen LogP contribution in [0.4, 0.5) is 6.01 Å². The van der Waals surface area contributed by atoms with E-state index in [1.165, 1.54) is 0 Å². The van der Waals surface area contributed by atoms with Gasteiger partial charge in [0.05, 0.1) is 0 Å². The zero-order chi connectivity index (χ0) is 17.1. The third-order valence-corrected chi connectivity index (χ3v) is 4.45. The second kappa shape index (κ2) is 7.02. The Hall–Kier alpha value is -2.38. The molecule has 8 nitrogen and oxygen atoms in total. The van der Waals surface area contributed by atoms with Crippen molar-refractivity contribution < 1.29 is 9.32 Å². The highest BCUT2D eigenvalue weighted by Gasteiger charge is 2.25. The number of anilines is 1. The normalized spacial score (nSPS) is 15.7. The van der Waals surface area contributed by atoms with Gasteiger partial charge in [-0.2, -0.15) is 10.1 Å². The molecule has 24 heavy (non-hydrogen) atoms. The van der Waals surface area contributed by atoms with E-state index in [1.807, 2.05) is 26.0 Å². The lowest BCUT2D eigenvalue weighted by Gasteiger charge is -2.31. The number of aryl methyl sites for hydroxylation is 2. The Morgan fingerprint density at radius 2 is 2.12 bits per heavy atom. The molecule has 2 aromatic rings. The van der Waals surface area contributed by atoms with E-state index in [4.69, 9.17) is 4.52 Å². The molecule has 3 heterocycles. The van der Waals surface area contributed by atoms with Crippen molar-refractivity contribution in [1.29, 1.82) is 0 Å². The van der Waals surface area contributed by atoms with Gasteiger partial charge >= 0.3 is 6.01 Å². The highest BCUT2D eigenvalue weighted by atomic mass is 16.5. The van der Waals surface area contributed by atoms with Crippen LogP contribution in [0.25, 0.3) is 0 Å². The van der Waals surface area contributed by atoms with Gasteiger partial charge in [0.2, 0.25) is 0 Å². The van der Waals surface area contributed by atoms with Crippen LogP contribution in [0.2, 0.25) is 0 Å². The summed E-state index contributed by atoms with van der Waals surface area (Å²) < 4.78 is 6.83. The van der Waals surface area contributed by atoms with Crippen molar-refractivity contribution in [2.75, 3.05) is 32.1 Å². The highest BCUT2D eigenvalue weighted by molar-refractivity contribution is 5.92. The third kappa shape index (κ3) is 3.74. The van der Waals surface area contributed by atoms with E-state index in [0.29, 0.717) is 17.6 Å². The molecule has 0 unspecified atom stereocenters. The predicted molar refractivity (Wildman–Crippen MR) is 88.8 cm³/mol. The van der Waals surface area contributed by atoms with Gasteiger partial charge < -0.3 is 14.3 Å². The maximum absolute atomic E-state index is 12.4. The molecule has 0 radical (unpaired) electrons. The number of likely N-dealkylation sites (tertiary alicyclic amines) is 1. The lowest BCUT2D eigenvalue weighted by molar-refractivity contribution is 0.0680. The van der Waals surface area contributed by atoms with Crippen LogP contribution >= 0.6 is 0 Å². The van der Waals surface area contributed by atoms with Gasteiger partial charge in [-0.3, -0.25) is 9.48 Å². The summed E-state index contributed by atoms with van der Waals surface area (Å²) in [6.45, 7) is 1.57. The molecular formula is C16H24N6O2. The number of carbonyl (C=O) groups is 1. The summed E-state index contributed by atoms with van der Waals surface area (Å²) in [6.07, 6.45) is 5.66. The van der Waals surface area contributed by atoms with Crippen molar-refractivity contribution in [2.45, 2.75) is 25.7 Å². The summed E-state index contributed by atoms with van der Waals surface area (Å²) >= 11 is 0. The van der Waals surface area contributed by atoms with Gasteiger partial charge in [-0.1, -0.05) is 5.16 Å². The number of nitrogens with zero attached hydrogens (tertiary/aromatic N) is 6. The molecule has 0 N–H and O–H groups in total. The summed E-state index contributed by atoms with van der Waals surface area (Å²) in [5.41, 5.74) is 0.527. The van der Waals surface area contributed by atoms with E-state index in [9.17, 15) is 4.79 Å². The minimum absolute atomic E-state index is 0.0304. The fourth-order valence-corrected chi connectivity index (χ4v) is 2.98. The van der Waals surface area contributed by atoms with Crippen molar-refractivity contribution in [3.8, 4) is 0 Å². The zero-order valence-corrected chi connectivity index (χ0v) is 14.5. The largest absolute Gasteiger partial charge is 0.337 e. The number of hydrogen-bond donors (Lipinski definition) is 0. The van der Waals surface area contributed by atoms with E-state index >= 15 is 0 Å². The topological polar surface area (TPSA) is 80.3 Å². The molecule has 8 heteroatoms. The molecule has 0 aliphatic carbocycles. The smallest absolute Gasteiger partial charge is 0.323 e. The molecule has 1 fully saturated rings. The van der Waals surface area contributed by atoms with Gasteiger partial charge in [-0.25, -0.2) is 0 Å². The Labute approximate surface area is 141 Å². The molecule has 130 valence electrons. The molecule has 1 amide bonds. The average molecular weight is 332 g/mol. The van der Waals surface area contributed by atoms with E-state index in [2.05, 4.69) is 15.2 Å². The SMILES string of the molecule is CN(C)c1nc(CCC2CCN(C(=O)c3ccn(C)n3)CC2)no1. The third-order valence-electron chi connectivity index (χ3n) is 4.45. The molecule has 3 rings (SSSR count). The molecule has 0 bridgehead atoms. The van der Waals surface area contributed by atoms with E-state index < -0.39 is 0 Å². The van der Waals surface area contributed by atoms with Crippen LogP contribution in [0.5, 0.6) is 0 Å². The van der Waals surface area contributed by atoms with Crippen LogP contribution in [0.15, 0.2) is 16.8 Å². The molecule has 1 saturated heterocycles. The Kier molecular flexibility index (Phi) is 4.82. The van der Waals surface area contributed by atoms with E-state index in [-0.39, 0.29) is 5.91 Å². The monoisotopic (exact) mass is 332 g/mol. The number of rotatable bonds is 5. The first-order valence-electron chi connectivity index (χ1n) is 8.32. The Morgan fingerprint density at radius 3 is 2.71 bits per heavy atom. The predicted octanol–water partition coefficient (Wildman–Crippen LogP) is 1.35. The zero-order valence-electron chi connectivity index (χ0n) is 14.5. The number of piperidine rings is 1. The van der Waals surface area contributed by atoms with Crippen LogP contribution in [0.3, 0.4) is 0 Å². The molecule has 0 spiro atoms. The van der Waals surface area contributed by atoms with Crippen LogP contribution in [0.1, 0.15) is 35.6 Å². The fraction of sp³-hybridized carbons (Fsp3) is 0.625. The first kappa shape index (κ1) is 16.5. The minimum Gasteiger partial charge on any atom is -0.337 e. The highest BCUT2D eigenvalue weighted by Crippen LogP contribution is 2.23. The minimum atomic E-state index is 0.0304. The second-order valence-electron chi connectivity index (χ2n) is 6.54. The Bertz CT molecular complexity index is 684. The number of carbonyl (C=O) groups excluding carboxylic acids is 1. The molecule has 0 aromatic carbocycles. The molecular weight excluding hydrogens is 308 g/mol. The van der Waals surface area contributed by atoms with Gasteiger partial charge in [0.1, 0.15) is 5.69 Å². The van der Waals surface area contributed by atoms with Crippen LogP contribution in [-0.4, -0.2) is 57.9 Å². The van der Waals surface area contributed by atoms with Crippen molar-refractivity contribution in [2.24, 2.45) is 13.0 Å². The van der Waals surface area contributed by atoms with Gasteiger partial charge in [0.25, 0.3) is 5.91 Å². The summed E-state index contributed by atoms with van der Waals surface area (Å²) in [5, 5.41) is 8.20. The maximum Gasteiger partial charge on any atom is 0.323 e. The van der Waals surface area contributed by atoms with Crippen molar-refractivity contribution in [3.05, 3.63) is 23.8 Å². The second-order valence-corrected chi connectivity index (χ2v) is 6.54. The maximum atomic E-state index is 12.4. The average Bonchev–Trinajstić information content (AvgIpc) is 3.22. The van der Waals surface area contributed by atoms with Crippen LogP contribution in [0, 0.1) is 5.92 Å². The van der Waals surface area contributed by atoms with Crippen molar-refractivity contribution >= 4 is 11.9 Å². The first-order chi connectivity index (χ1) is 11.5. The number of amides is 1. The van der Waals surface area contributed by atoms with Crippen molar-refractivity contribution in [1.82, 2.24) is 24.8 Å². The van der Waals surface area contributed by atoms with Crippen LogP contribution < -0.4 is 4.90 Å². The van der Waals surface area contributed by atoms with Crippen molar-refractivity contribution in [3.63, 3.8) is 0 Å². The number of hydrogen-bond acceptors (Lipinski definition) is 6. The van der Waals surface area contributed by atoms with E-state index in [1.54, 1.807) is 21.8 Å². The lowest BCUT2D eigenvalue weighted by Crippen LogP contribution is -2.38. The van der Waals surface area contributed by atoms with Gasteiger partial charge in [-0.15, -0.1) is 0 Å². The molecule has 1 aliphatic heterocycles. The molecule has 0 atom stereocenters. The molecule has 0 saturated carbocycles. The lowest BCUT2D eigenvalue weighted by atomic mass is 9.92. The summed E-state index contributed by atoms with van der Waals surface area (Å²) in [4.78, 5) is 20.4. The van der Waals surface area contributed by atoms with E-state index in [0.717, 1.165) is 44.6 Å². The number of aromatic nitrogens is 4. The molecule has 1 aliphatic rings. The van der Waals surface area contributed by atoms with Gasteiger partial charge in [0.15, 0.2) is 5.82 Å². The summed E-state index contributed by atoms with van der Waals surface area (Å²) in [6, 6.07) is 2.31. The summed E-state index contributed by atoms with van der Waals surface area (Å²) in [7, 11) is 5.58. The Balaban J connectivity index is 1.45. The summed E-state index contributed by atoms with van der Waals surface area (Å²) in [5.74, 6) is 1.38. The quantitative estimate of drug-likeness (QED) is 0.822.